The second kappa shape index (κ2) is 7.52. The van der Waals surface area contributed by atoms with Crippen molar-refractivity contribution in [3.05, 3.63) is 18.0 Å². The number of aromatic nitrogens is 2. The summed E-state index contributed by atoms with van der Waals surface area (Å²) in [5.74, 6) is -0.856. The van der Waals surface area contributed by atoms with E-state index in [0.717, 1.165) is 5.69 Å². The molecule has 20 heavy (non-hydrogen) atoms. The molecule has 0 aliphatic carbocycles. The molecule has 1 rings (SSSR count). The molecular formula is C13H22N4O3. The normalized spacial score (nSPS) is 12.2. The molecule has 3 N–H and O–H groups in total. The lowest BCUT2D eigenvalue weighted by Gasteiger charge is -2.20. The van der Waals surface area contributed by atoms with Crippen LogP contribution in [0.2, 0.25) is 0 Å². The minimum absolute atomic E-state index is 0.0626. The van der Waals surface area contributed by atoms with Gasteiger partial charge in [-0.25, -0.2) is 4.79 Å². The van der Waals surface area contributed by atoms with Crippen LogP contribution in [0.15, 0.2) is 12.3 Å². The van der Waals surface area contributed by atoms with Gasteiger partial charge in [-0.15, -0.1) is 0 Å². The first-order chi connectivity index (χ1) is 9.38. The van der Waals surface area contributed by atoms with E-state index in [1.807, 2.05) is 33.2 Å². The molecule has 1 heterocycles. The topological polar surface area (TPSA) is 96.3 Å². The molecule has 7 nitrogen and oxygen atoms in total. The first-order valence-electron chi connectivity index (χ1n) is 6.63. The van der Waals surface area contributed by atoms with Crippen LogP contribution in [0.3, 0.4) is 0 Å². The smallest absolute Gasteiger partial charge is 0.315 e. The van der Waals surface area contributed by atoms with Gasteiger partial charge in [-0.2, -0.15) is 5.10 Å². The number of aryl methyl sites for hydroxylation is 1. The number of nitrogens with one attached hydrogen (secondary N) is 2. The molecule has 0 fully saturated rings. The monoisotopic (exact) mass is 282 g/mol. The highest BCUT2D eigenvalue weighted by Crippen LogP contribution is 2.05. The van der Waals surface area contributed by atoms with Crippen LogP contribution in [0.1, 0.15) is 26.0 Å². The molecule has 7 heteroatoms. The average molecular weight is 282 g/mol. The number of carboxylic acid groups (broad SMARTS) is 1. The van der Waals surface area contributed by atoms with Gasteiger partial charge in [-0.05, 0) is 12.0 Å². The van der Waals surface area contributed by atoms with Crippen LogP contribution in [0.5, 0.6) is 0 Å². The molecule has 0 saturated carbocycles. The molecule has 1 aromatic rings. The average Bonchev–Trinajstić information content (AvgIpc) is 2.73. The van der Waals surface area contributed by atoms with E-state index in [1.54, 1.807) is 4.68 Å². The van der Waals surface area contributed by atoms with Crippen molar-refractivity contribution in [1.29, 1.82) is 0 Å². The van der Waals surface area contributed by atoms with Crippen LogP contribution in [-0.4, -0.2) is 39.5 Å². The standard InChI is InChI=1S/C13H22N4O3/c1-9(2)11(8-12(18)19)15-13(20)14-6-4-10-5-7-17(3)16-10/h5,7,9,11H,4,6,8H2,1-3H3,(H,18,19)(H2,14,15,20). The Morgan fingerprint density at radius 1 is 1.45 bits per heavy atom. The predicted molar refractivity (Wildman–Crippen MR) is 74.3 cm³/mol. The van der Waals surface area contributed by atoms with Gasteiger partial charge in [0.1, 0.15) is 0 Å². The third-order valence-corrected chi connectivity index (χ3v) is 2.95. The van der Waals surface area contributed by atoms with E-state index in [9.17, 15) is 9.59 Å². The number of carbonyl (C=O) groups excluding carboxylic acids is 1. The first-order valence-corrected chi connectivity index (χ1v) is 6.63. The van der Waals surface area contributed by atoms with E-state index >= 15 is 0 Å². The third-order valence-electron chi connectivity index (χ3n) is 2.95. The fourth-order valence-electron chi connectivity index (χ4n) is 1.76. The summed E-state index contributed by atoms with van der Waals surface area (Å²) in [5.41, 5.74) is 0.902. The van der Waals surface area contributed by atoms with Crippen LogP contribution in [0.4, 0.5) is 4.79 Å². The van der Waals surface area contributed by atoms with Crippen LogP contribution in [-0.2, 0) is 18.3 Å². The summed E-state index contributed by atoms with van der Waals surface area (Å²) < 4.78 is 1.71. The first kappa shape index (κ1) is 16.0. The number of carboxylic acids is 1. The lowest BCUT2D eigenvalue weighted by atomic mass is 10.0. The Kier molecular flexibility index (Phi) is 6.02. The van der Waals surface area contributed by atoms with Gasteiger partial charge < -0.3 is 15.7 Å². The molecule has 1 aromatic heterocycles. The second-order valence-corrected chi connectivity index (χ2v) is 5.08. The van der Waals surface area contributed by atoms with Gasteiger partial charge in [0.15, 0.2) is 0 Å². The number of urea groups is 1. The van der Waals surface area contributed by atoms with E-state index in [1.165, 1.54) is 0 Å². The van der Waals surface area contributed by atoms with Crippen LogP contribution in [0, 0.1) is 5.92 Å². The molecule has 0 spiro atoms. The summed E-state index contributed by atoms with van der Waals surface area (Å²) in [7, 11) is 1.84. The summed E-state index contributed by atoms with van der Waals surface area (Å²) in [6, 6.07) is 1.17. The molecule has 0 saturated heterocycles. The van der Waals surface area contributed by atoms with Crippen molar-refractivity contribution in [2.45, 2.75) is 32.7 Å². The van der Waals surface area contributed by atoms with Crippen molar-refractivity contribution < 1.29 is 14.7 Å². The van der Waals surface area contributed by atoms with E-state index in [2.05, 4.69) is 15.7 Å². The van der Waals surface area contributed by atoms with Gasteiger partial charge in [-0.3, -0.25) is 9.48 Å². The largest absolute Gasteiger partial charge is 0.481 e. The van der Waals surface area contributed by atoms with E-state index in [4.69, 9.17) is 5.11 Å². The van der Waals surface area contributed by atoms with Crippen molar-refractivity contribution in [1.82, 2.24) is 20.4 Å². The van der Waals surface area contributed by atoms with E-state index in [-0.39, 0.29) is 24.4 Å². The van der Waals surface area contributed by atoms with E-state index in [0.29, 0.717) is 13.0 Å². The minimum Gasteiger partial charge on any atom is -0.481 e. The number of amides is 2. The third kappa shape index (κ3) is 5.73. The van der Waals surface area contributed by atoms with Gasteiger partial charge in [0, 0.05) is 32.3 Å². The summed E-state index contributed by atoms with van der Waals surface area (Å²) in [6.45, 7) is 4.21. The van der Waals surface area contributed by atoms with Crippen molar-refractivity contribution in [2.75, 3.05) is 6.54 Å². The van der Waals surface area contributed by atoms with Crippen LogP contribution in [0.25, 0.3) is 0 Å². The number of hydrogen-bond acceptors (Lipinski definition) is 3. The Morgan fingerprint density at radius 2 is 2.15 bits per heavy atom. The quantitative estimate of drug-likeness (QED) is 0.688. The Hall–Kier alpha value is -2.05. The second-order valence-electron chi connectivity index (χ2n) is 5.08. The van der Waals surface area contributed by atoms with Crippen molar-refractivity contribution in [3.8, 4) is 0 Å². The summed E-state index contributed by atoms with van der Waals surface area (Å²) >= 11 is 0. The van der Waals surface area contributed by atoms with Gasteiger partial charge in [0.25, 0.3) is 0 Å². The highest BCUT2D eigenvalue weighted by Gasteiger charge is 2.19. The molecule has 112 valence electrons. The zero-order valence-corrected chi connectivity index (χ0v) is 12.1. The van der Waals surface area contributed by atoms with Gasteiger partial charge in [-0.1, -0.05) is 13.8 Å². The molecule has 1 unspecified atom stereocenters. The molecule has 0 aliphatic rings. The number of aliphatic carboxylic acids is 1. The van der Waals surface area contributed by atoms with Crippen molar-refractivity contribution in [2.24, 2.45) is 13.0 Å². The SMILES string of the molecule is CC(C)C(CC(=O)O)NC(=O)NCCc1ccn(C)n1. The molecule has 0 radical (unpaired) electrons. The molecule has 2 amide bonds. The summed E-state index contributed by atoms with van der Waals surface area (Å²) in [6.07, 6.45) is 2.40. The maximum atomic E-state index is 11.7. The maximum absolute atomic E-state index is 11.7. The lowest BCUT2D eigenvalue weighted by molar-refractivity contribution is -0.137. The highest BCUT2D eigenvalue weighted by molar-refractivity contribution is 5.75. The molecule has 0 bridgehead atoms. The molecule has 1 atom stereocenters. The fraction of sp³-hybridized carbons (Fsp3) is 0.615. The molecular weight excluding hydrogens is 260 g/mol. The van der Waals surface area contributed by atoms with Crippen LogP contribution < -0.4 is 10.6 Å². The number of rotatable bonds is 7. The molecule has 0 aromatic carbocycles. The van der Waals surface area contributed by atoms with Gasteiger partial charge in [0.05, 0.1) is 12.1 Å². The Morgan fingerprint density at radius 3 is 2.65 bits per heavy atom. The minimum atomic E-state index is -0.919. The Labute approximate surface area is 118 Å². The summed E-state index contributed by atoms with van der Waals surface area (Å²) in [4.78, 5) is 22.4. The Bertz CT molecular complexity index is 456. The molecule has 0 aliphatic heterocycles. The fourth-order valence-corrected chi connectivity index (χ4v) is 1.76. The zero-order chi connectivity index (χ0) is 15.1. The Balaban J connectivity index is 2.32. The van der Waals surface area contributed by atoms with Crippen molar-refractivity contribution in [3.63, 3.8) is 0 Å². The number of hydrogen-bond donors (Lipinski definition) is 3. The number of carbonyl (C=O) groups is 2. The van der Waals surface area contributed by atoms with Gasteiger partial charge >= 0.3 is 12.0 Å². The van der Waals surface area contributed by atoms with E-state index < -0.39 is 5.97 Å². The highest BCUT2D eigenvalue weighted by atomic mass is 16.4. The number of nitrogens with zero attached hydrogens (tertiary/aromatic N) is 2. The summed E-state index contributed by atoms with van der Waals surface area (Å²) in [5, 5.41) is 18.4. The zero-order valence-electron chi connectivity index (χ0n) is 12.1. The van der Waals surface area contributed by atoms with Gasteiger partial charge in [0.2, 0.25) is 0 Å². The maximum Gasteiger partial charge on any atom is 0.315 e. The van der Waals surface area contributed by atoms with Crippen molar-refractivity contribution >= 4 is 12.0 Å². The lowest BCUT2D eigenvalue weighted by Crippen LogP contribution is -2.45. The van der Waals surface area contributed by atoms with Crippen LogP contribution >= 0.6 is 0 Å². The predicted octanol–water partition coefficient (Wildman–Crippen LogP) is 0.761.